The molecule has 144 valence electrons. The third-order valence-corrected chi connectivity index (χ3v) is 4.10. The van der Waals surface area contributed by atoms with Crippen molar-refractivity contribution in [2.45, 2.75) is 13.5 Å². The second-order valence-corrected chi connectivity index (χ2v) is 6.17. The fourth-order valence-corrected chi connectivity index (χ4v) is 2.68. The zero-order chi connectivity index (χ0) is 19.1. The zero-order valence-electron chi connectivity index (χ0n) is 15.2. The first-order chi connectivity index (χ1) is 13.1. The molecule has 1 saturated heterocycles. The van der Waals surface area contributed by atoms with Crippen molar-refractivity contribution in [3.8, 4) is 0 Å². The summed E-state index contributed by atoms with van der Waals surface area (Å²) in [5.74, 6) is 0.393. The third-order valence-electron chi connectivity index (χ3n) is 4.10. The van der Waals surface area contributed by atoms with E-state index in [1.807, 2.05) is 6.07 Å². The molecule has 10 heteroatoms. The number of carbonyl (C=O) groups excluding carboxylic acids is 1. The standard InChI is InChI=1S/C17H23N7O3/c1-13-8-17(26)24(12-20-13)11-16(25)19-3-2-18-15-9-14(10-21-22-15)23-4-6-27-7-5-23/h8-10,12H,2-7,11H2,1H3,(H,18,22)(H,19,25). The predicted octanol–water partition coefficient (Wildman–Crippen LogP) is -0.593. The van der Waals surface area contributed by atoms with E-state index < -0.39 is 0 Å². The molecule has 0 unspecified atom stereocenters. The average Bonchev–Trinajstić information content (AvgIpc) is 2.68. The minimum atomic E-state index is -0.252. The van der Waals surface area contributed by atoms with Crippen LogP contribution in [0.4, 0.5) is 11.5 Å². The van der Waals surface area contributed by atoms with Gasteiger partial charge in [-0.3, -0.25) is 14.2 Å². The van der Waals surface area contributed by atoms with Crippen LogP contribution < -0.4 is 21.1 Å². The first kappa shape index (κ1) is 18.8. The number of hydrogen-bond donors (Lipinski definition) is 2. The number of rotatable bonds is 7. The molecule has 3 rings (SSSR count). The number of aryl methyl sites for hydroxylation is 1. The van der Waals surface area contributed by atoms with Crippen LogP contribution in [0.2, 0.25) is 0 Å². The third kappa shape index (κ3) is 5.48. The number of hydrogen-bond acceptors (Lipinski definition) is 8. The van der Waals surface area contributed by atoms with Gasteiger partial charge in [-0.05, 0) is 6.92 Å². The first-order valence-electron chi connectivity index (χ1n) is 8.81. The lowest BCUT2D eigenvalue weighted by molar-refractivity contribution is -0.121. The number of amides is 1. The van der Waals surface area contributed by atoms with E-state index in [4.69, 9.17) is 4.74 Å². The maximum absolute atomic E-state index is 11.9. The Kier molecular flexibility index (Phi) is 6.31. The lowest BCUT2D eigenvalue weighted by atomic mass is 10.3. The van der Waals surface area contributed by atoms with Crippen LogP contribution in [0, 0.1) is 6.92 Å². The van der Waals surface area contributed by atoms with Crippen LogP contribution in [0.15, 0.2) is 29.5 Å². The van der Waals surface area contributed by atoms with Crippen molar-refractivity contribution in [2.75, 3.05) is 49.6 Å². The van der Waals surface area contributed by atoms with Gasteiger partial charge in [0.25, 0.3) is 5.56 Å². The lowest BCUT2D eigenvalue weighted by Gasteiger charge is -2.28. The Hall–Kier alpha value is -3.01. The van der Waals surface area contributed by atoms with Crippen LogP contribution in [0.5, 0.6) is 0 Å². The van der Waals surface area contributed by atoms with Crippen molar-refractivity contribution in [1.29, 1.82) is 0 Å². The summed E-state index contributed by atoms with van der Waals surface area (Å²) in [5.41, 5.74) is 1.37. The molecule has 1 aliphatic heterocycles. The summed E-state index contributed by atoms with van der Waals surface area (Å²) >= 11 is 0. The Morgan fingerprint density at radius 2 is 2.07 bits per heavy atom. The molecular formula is C17H23N7O3. The van der Waals surface area contributed by atoms with Crippen molar-refractivity contribution in [3.63, 3.8) is 0 Å². The molecule has 1 fully saturated rings. The van der Waals surface area contributed by atoms with Crippen molar-refractivity contribution < 1.29 is 9.53 Å². The van der Waals surface area contributed by atoms with Crippen LogP contribution in [0.1, 0.15) is 5.69 Å². The number of nitrogens with one attached hydrogen (secondary N) is 2. The molecule has 2 N–H and O–H groups in total. The summed E-state index contributed by atoms with van der Waals surface area (Å²) in [6.07, 6.45) is 3.10. The van der Waals surface area contributed by atoms with E-state index in [9.17, 15) is 9.59 Å². The molecule has 0 spiro atoms. The first-order valence-corrected chi connectivity index (χ1v) is 8.81. The summed E-state index contributed by atoms with van der Waals surface area (Å²) in [5, 5.41) is 14.0. The highest BCUT2D eigenvalue weighted by Crippen LogP contribution is 2.16. The van der Waals surface area contributed by atoms with E-state index in [1.165, 1.54) is 17.0 Å². The minimum Gasteiger partial charge on any atom is -0.378 e. The quantitative estimate of drug-likeness (QED) is 0.619. The normalized spacial score (nSPS) is 14.0. The molecule has 10 nitrogen and oxygen atoms in total. The Morgan fingerprint density at radius 3 is 2.85 bits per heavy atom. The van der Waals surface area contributed by atoms with Gasteiger partial charge in [0.15, 0.2) is 5.82 Å². The summed E-state index contributed by atoms with van der Waals surface area (Å²) in [6.45, 7) is 5.63. The van der Waals surface area contributed by atoms with Crippen LogP contribution in [-0.4, -0.2) is 65.0 Å². The highest BCUT2D eigenvalue weighted by Gasteiger charge is 2.12. The molecule has 27 heavy (non-hydrogen) atoms. The smallest absolute Gasteiger partial charge is 0.253 e. The topological polar surface area (TPSA) is 114 Å². The number of morpholine rings is 1. The SMILES string of the molecule is Cc1cc(=O)n(CC(=O)NCCNc2cc(N3CCOCC3)cnn2)cn1. The minimum absolute atomic E-state index is 0.0571. The summed E-state index contributed by atoms with van der Waals surface area (Å²) in [4.78, 5) is 29.9. The largest absolute Gasteiger partial charge is 0.378 e. The molecule has 0 bridgehead atoms. The fourth-order valence-electron chi connectivity index (χ4n) is 2.68. The van der Waals surface area contributed by atoms with Crippen molar-refractivity contribution in [3.05, 3.63) is 40.7 Å². The van der Waals surface area contributed by atoms with Gasteiger partial charge in [-0.1, -0.05) is 0 Å². The number of nitrogens with zero attached hydrogens (tertiary/aromatic N) is 5. The predicted molar refractivity (Wildman–Crippen MR) is 99.8 cm³/mol. The Bertz CT molecular complexity index is 833. The molecular weight excluding hydrogens is 350 g/mol. The van der Waals surface area contributed by atoms with Gasteiger partial charge in [-0.2, -0.15) is 5.10 Å². The van der Waals surface area contributed by atoms with E-state index in [0.717, 1.165) is 18.8 Å². The highest BCUT2D eigenvalue weighted by atomic mass is 16.5. The van der Waals surface area contributed by atoms with E-state index in [0.29, 0.717) is 37.8 Å². The van der Waals surface area contributed by atoms with Gasteiger partial charge in [0, 0.05) is 44.0 Å². The van der Waals surface area contributed by atoms with Crippen molar-refractivity contribution in [1.82, 2.24) is 25.1 Å². The maximum atomic E-state index is 11.9. The molecule has 2 aromatic heterocycles. The number of anilines is 2. The van der Waals surface area contributed by atoms with Crippen LogP contribution >= 0.6 is 0 Å². The van der Waals surface area contributed by atoms with Gasteiger partial charge in [-0.25, -0.2) is 4.98 Å². The molecule has 2 aromatic rings. The summed E-state index contributed by atoms with van der Waals surface area (Å²) < 4.78 is 6.62. The van der Waals surface area contributed by atoms with E-state index in [2.05, 4.69) is 30.7 Å². The van der Waals surface area contributed by atoms with E-state index in [1.54, 1.807) is 13.1 Å². The molecule has 0 aliphatic carbocycles. The number of ether oxygens (including phenoxy) is 1. The molecule has 0 radical (unpaired) electrons. The fraction of sp³-hybridized carbons (Fsp3) is 0.471. The molecule has 3 heterocycles. The number of aromatic nitrogens is 4. The van der Waals surface area contributed by atoms with Crippen LogP contribution in [0.25, 0.3) is 0 Å². The Morgan fingerprint density at radius 1 is 1.26 bits per heavy atom. The maximum Gasteiger partial charge on any atom is 0.253 e. The van der Waals surface area contributed by atoms with Gasteiger partial charge in [-0.15, -0.1) is 5.10 Å². The molecule has 0 aromatic carbocycles. The Balaban J connectivity index is 1.43. The molecule has 1 amide bonds. The van der Waals surface area contributed by atoms with E-state index >= 15 is 0 Å². The van der Waals surface area contributed by atoms with Gasteiger partial charge in [0.2, 0.25) is 5.91 Å². The molecule has 0 saturated carbocycles. The average molecular weight is 373 g/mol. The van der Waals surface area contributed by atoms with Gasteiger partial charge < -0.3 is 20.3 Å². The second-order valence-electron chi connectivity index (χ2n) is 6.17. The highest BCUT2D eigenvalue weighted by molar-refractivity contribution is 5.75. The Labute approximate surface area is 156 Å². The number of carbonyl (C=O) groups is 1. The van der Waals surface area contributed by atoms with Gasteiger partial charge in [0.1, 0.15) is 6.54 Å². The van der Waals surface area contributed by atoms with Crippen LogP contribution in [-0.2, 0) is 16.1 Å². The lowest BCUT2D eigenvalue weighted by Crippen LogP contribution is -2.36. The van der Waals surface area contributed by atoms with Crippen molar-refractivity contribution >= 4 is 17.4 Å². The van der Waals surface area contributed by atoms with E-state index in [-0.39, 0.29) is 18.0 Å². The van der Waals surface area contributed by atoms with Gasteiger partial charge >= 0.3 is 0 Å². The van der Waals surface area contributed by atoms with Crippen molar-refractivity contribution in [2.24, 2.45) is 0 Å². The van der Waals surface area contributed by atoms with Crippen LogP contribution in [0.3, 0.4) is 0 Å². The zero-order valence-corrected chi connectivity index (χ0v) is 15.2. The monoisotopic (exact) mass is 373 g/mol. The second kappa shape index (κ2) is 9.08. The molecule has 0 atom stereocenters. The molecule has 1 aliphatic rings. The van der Waals surface area contributed by atoms with Gasteiger partial charge in [0.05, 0.1) is 31.4 Å². The summed E-state index contributed by atoms with van der Waals surface area (Å²) in [7, 11) is 0. The summed E-state index contributed by atoms with van der Waals surface area (Å²) in [6, 6.07) is 3.33.